The first-order valence-electron chi connectivity index (χ1n) is 27.2. The fourth-order valence-corrected chi connectivity index (χ4v) is 10.7. The summed E-state index contributed by atoms with van der Waals surface area (Å²) in [5.74, 6) is -0.176. The third kappa shape index (κ3) is 13.0. The number of aromatic nitrogens is 6. The summed E-state index contributed by atoms with van der Waals surface area (Å²) in [7, 11) is 0. The van der Waals surface area contributed by atoms with Crippen LogP contribution in [0.15, 0.2) is 145 Å². The largest absolute Gasteiger partial charge is 0.494 e. The molecule has 0 spiro atoms. The molecule has 0 saturated carbocycles. The first-order chi connectivity index (χ1) is 38.5. The number of pyridine rings is 6. The van der Waals surface area contributed by atoms with Crippen LogP contribution in [0.1, 0.15) is 115 Å². The van der Waals surface area contributed by atoms with Gasteiger partial charge in [0.05, 0.1) is 64.8 Å². The van der Waals surface area contributed by atoms with Crippen molar-refractivity contribution >= 4 is 28.6 Å². The number of aryl methyl sites for hydroxylation is 1. The van der Waals surface area contributed by atoms with Crippen LogP contribution in [0.5, 0.6) is 11.5 Å². The Kier molecular flexibility index (Phi) is 17.1. The van der Waals surface area contributed by atoms with Gasteiger partial charge in [0.1, 0.15) is 23.9 Å². The summed E-state index contributed by atoms with van der Waals surface area (Å²) >= 11 is 0. The van der Waals surface area contributed by atoms with E-state index in [1.807, 2.05) is 105 Å². The van der Waals surface area contributed by atoms with Gasteiger partial charge in [0.2, 0.25) is 0 Å². The van der Waals surface area contributed by atoms with Crippen molar-refractivity contribution in [2.75, 3.05) is 6.61 Å². The van der Waals surface area contributed by atoms with Crippen LogP contribution in [-0.2, 0) is 83.6 Å². The lowest BCUT2D eigenvalue weighted by atomic mass is 9.86. The molecule has 1 N–H and O–H groups in total. The van der Waals surface area contributed by atoms with Crippen molar-refractivity contribution in [3.05, 3.63) is 207 Å². The SMILES string of the molecule is CCc1c2c(nc3ccc(OC(=O)CCC(=O)CCCCCOc4cc(CN(Cc5ccccn5)Cc5ccccn5)cc(CN(Cc5ccccn5)Cc5ccccn5)c4)cc13)-c1cc3c(c(=O)n1C2)COC(=O)[C@@]3(O)CC. The number of hydrogen-bond donors (Lipinski definition) is 1. The molecule has 16 nitrogen and oxygen atoms in total. The predicted molar refractivity (Wildman–Crippen MR) is 297 cm³/mol. The molecule has 8 heterocycles. The van der Waals surface area contributed by atoms with Crippen LogP contribution in [-0.4, -0.2) is 68.7 Å². The number of cyclic esters (lactones) is 1. The first kappa shape index (κ1) is 54.1. The van der Waals surface area contributed by atoms with Crippen molar-refractivity contribution in [2.24, 2.45) is 0 Å². The molecule has 404 valence electrons. The minimum Gasteiger partial charge on any atom is -0.494 e. The van der Waals surface area contributed by atoms with Crippen molar-refractivity contribution in [3.8, 4) is 22.9 Å². The van der Waals surface area contributed by atoms with Gasteiger partial charge in [-0.25, -0.2) is 9.78 Å². The van der Waals surface area contributed by atoms with E-state index >= 15 is 0 Å². The molecule has 8 aromatic rings. The zero-order chi connectivity index (χ0) is 54.7. The normalized spacial score (nSPS) is 14.5. The number of hydrogen-bond acceptors (Lipinski definition) is 15. The maximum atomic E-state index is 13.8. The van der Waals surface area contributed by atoms with Gasteiger partial charge in [-0.3, -0.25) is 44.1 Å². The number of unbranched alkanes of at least 4 members (excludes halogenated alkanes) is 2. The molecule has 2 aliphatic heterocycles. The van der Waals surface area contributed by atoms with Crippen LogP contribution in [0.3, 0.4) is 0 Å². The second-order valence-corrected chi connectivity index (χ2v) is 20.3. The Balaban J connectivity index is 0.751. The molecule has 6 aromatic heterocycles. The summed E-state index contributed by atoms with van der Waals surface area (Å²) in [5.41, 5.74) is 7.92. The van der Waals surface area contributed by atoms with Crippen LogP contribution in [0.4, 0.5) is 0 Å². The molecule has 79 heavy (non-hydrogen) atoms. The van der Waals surface area contributed by atoms with Crippen molar-refractivity contribution in [1.82, 2.24) is 39.3 Å². The number of benzene rings is 2. The van der Waals surface area contributed by atoms with Crippen molar-refractivity contribution in [2.45, 2.75) is 123 Å². The molecule has 0 bridgehead atoms. The predicted octanol–water partition coefficient (Wildman–Crippen LogP) is 9.52. The summed E-state index contributed by atoms with van der Waals surface area (Å²) in [6.07, 6.45) is 10.5. The summed E-state index contributed by atoms with van der Waals surface area (Å²) in [6, 6.07) is 37.3. The summed E-state index contributed by atoms with van der Waals surface area (Å²) < 4.78 is 19.1. The van der Waals surface area contributed by atoms with Gasteiger partial charge in [-0.1, -0.05) is 44.2 Å². The molecule has 0 radical (unpaired) electrons. The van der Waals surface area contributed by atoms with Gasteiger partial charge in [0, 0.05) is 93.4 Å². The molecule has 0 aliphatic carbocycles. The molecule has 16 heteroatoms. The highest BCUT2D eigenvalue weighted by Crippen LogP contribution is 2.41. The smallest absolute Gasteiger partial charge is 0.343 e. The molecule has 1 atom stereocenters. The molecule has 0 saturated heterocycles. The van der Waals surface area contributed by atoms with Gasteiger partial charge in [-0.2, -0.15) is 0 Å². The molecule has 0 amide bonds. The standard InChI is InChI=1S/C63H64N8O8/c1-3-52-53-33-50(22-23-57(53)68-60-54(52)41-71-58(60)34-56-55(61(71)74)42-78-62(75)63(56,76)4-2)79-59(73)24-21-49(72)20-6-5-15-29-77-51-31-43(35-69(37-45-16-7-11-25-64-45)38-46-17-8-12-26-65-46)30-44(32-51)36-70(39-47-18-9-13-27-66-47)40-48-19-10-14-28-67-48/h7-14,16-19,22-23,25-28,30-34,76H,3-6,15,20-21,24,29,35-42H2,1-2H3/t63-/m1/s1. The summed E-state index contributed by atoms with van der Waals surface area (Å²) in [4.78, 5) is 80.8. The number of Topliss-reactive ketones (excluding diaryl/α,β-unsaturated/α-hetero) is 1. The average molecular weight is 1060 g/mol. The highest BCUT2D eigenvalue weighted by atomic mass is 16.6. The molecule has 2 aromatic carbocycles. The van der Waals surface area contributed by atoms with E-state index in [-0.39, 0.29) is 54.9 Å². The zero-order valence-corrected chi connectivity index (χ0v) is 44.7. The number of rotatable bonds is 25. The van der Waals surface area contributed by atoms with E-state index in [0.29, 0.717) is 87.8 Å². The highest BCUT2D eigenvalue weighted by Gasteiger charge is 2.45. The van der Waals surface area contributed by atoms with Crippen LogP contribution in [0.25, 0.3) is 22.3 Å². The fourth-order valence-electron chi connectivity index (χ4n) is 10.7. The monoisotopic (exact) mass is 1060 g/mol. The van der Waals surface area contributed by atoms with Crippen molar-refractivity contribution < 1.29 is 33.7 Å². The number of aliphatic hydroxyl groups is 1. The number of carbonyl (C=O) groups is 3. The Morgan fingerprint density at radius 1 is 0.658 bits per heavy atom. The second kappa shape index (κ2) is 25.0. The van der Waals surface area contributed by atoms with E-state index in [2.05, 4.69) is 47.9 Å². The fraction of sp³-hybridized carbons (Fsp3) is 0.317. The average Bonchev–Trinajstić information content (AvgIpc) is 3.90. The van der Waals surface area contributed by atoms with Crippen LogP contribution < -0.4 is 15.0 Å². The topological polar surface area (TPSA) is 192 Å². The third-order valence-corrected chi connectivity index (χ3v) is 14.6. The van der Waals surface area contributed by atoms with Crippen LogP contribution >= 0.6 is 0 Å². The van der Waals surface area contributed by atoms with E-state index < -0.39 is 17.5 Å². The highest BCUT2D eigenvalue weighted by molar-refractivity contribution is 5.91. The minimum atomic E-state index is -1.92. The van der Waals surface area contributed by atoms with E-state index in [1.165, 1.54) is 0 Å². The van der Waals surface area contributed by atoms with E-state index in [9.17, 15) is 24.3 Å². The van der Waals surface area contributed by atoms with Gasteiger partial charge in [0.25, 0.3) is 5.56 Å². The molecule has 2 aliphatic rings. The molecule has 0 unspecified atom stereocenters. The summed E-state index contributed by atoms with van der Waals surface area (Å²) in [6.45, 7) is 8.01. The van der Waals surface area contributed by atoms with Crippen LogP contribution in [0.2, 0.25) is 0 Å². The van der Waals surface area contributed by atoms with E-state index in [0.717, 1.165) is 69.0 Å². The van der Waals surface area contributed by atoms with Gasteiger partial charge in [-0.15, -0.1) is 0 Å². The number of ether oxygens (including phenoxy) is 3. The Morgan fingerprint density at radius 3 is 1.80 bits per heavy atom. The first-order valence-corrected chi connectivity index (χ1v) is 27.2. The lowest BCUT2D eigenvalue weighted by Crippen LogP contribution is -2.44. The number of ketones is 1. The number of esters is 2. The number of carbonyl (C=O) groups excluding carboxylic acids is 3. The van der Waals surface area contributed by atoms with Crippen LogP contribution in [0, 0.1) is 0 Å². The van der Waals surface area contributed by atoms with Gasteiger partial charge in [-0.05, 0) is 134 Å². The van der Waals surface area contributed by atoms with Gasteiger partial charge >= 0.3 is 11.9 Å². The van der Waals surface area contributed by atoms with Crippen molar-refractivity contribution in [1.29, 1.82) is 0 Å². The number of nitrogens with zero attached hydrogens (tertiary/aromatic N) is 8. The van der Waals surface area contributed by atoms with E-state index in [1.54, 1.807) is 35.8 Å². The molecular weight excluding hydrogens is 997 g/mol. The Hall–Kier alpha value is -8.31. The maximum absolute atomic E-state index is 13.8. The summed E-state index contributed by atoms with van der Waals surface area (Å²) in [5, 5.41) is 12.1. The Morgan fingerprint density at radius 2 is 1.25 bits per heavy atom. The molecular formula is C63H64N8O8. The second-order valence-electron chi connectivity index (χ2n) is 20.3. The third-order valence-electron chi connectivity index (χ3n) is 14.6. The van der Waals surface area contributed by atoms with E-state index in [4.69, 9.17) is 19.2 Å². The molecule has 10 rings (SSSR count). The number of fused-ring (bicyclic) bond motifs is 5. The molecule has 0 fully saturated rings. The van der Waals surface area contributed by atoms with Gasteiger partial charge < -0.3 is 23.9 Å². The Bertz CT molecular complexity index is 3320. The Labute approximate surface area is 459 Å². The minimum absolute atomic E-state index is 0.00605. The maximum Gasteiger partial charge on any atom is 0.343 e. The lowest BCUT2D eigenvalue weighted by molar-refractivity contribution is -0.172. The lowest BCUT2D eigenvalue weighted by Gasteiger charge is -2.31. The zero-order valence-electron chi connectivity index (χ0n) is 44.7. The quantitative estimate of drug-likeness (QED) is 0.0323. The van der Waals surface area contributed by atoms with Crippen molar-refractivity contribution in [3.63, 3.8) is 0 Å². The van der Waals surface area contributed by atoms with Gasteiger partial charge in [0.15, 0.2) is 5.60 Å².